The van der Waals surface area contributed by atoms with Crippen molar-refractivity contribution in [2.45, 2.75) is 18.7 Å². The largest absolute Gasteiger partial charge is 0.298 e. The Morgan fingerprint density at radius 3 is 2.55 bits per heavy atom. The zero-order chi connectivity index (χ0) is 22.2. The minimum atomic E-state index is -4.00. The Bertz CT molecular complexity index is 1400. The Labute approximate surface area is 179 Å². The fourth-order valence-corrected chi connectivity index (χ4v) is 4.29. The third kappa shape index (κ3) is 4.04. The molecule has 7 nitrogen and oxygen atoms in total. The van der Waals surface area contributed by atoms with Crippen molar-refractivity contribution in [3.63, 3.8) is 0 Å². The molecule has 0 aliphatic carbocycles. The zero-order valence-corrected chi connectivity index (χ0v) is 18.0. The lowest BCUT2D eigenvalue weighted by Crippen LogP contribution is -2.23. The number of pyridine rings is 2. The number of imidazole rings is 1. The second-order valence-corrected chi connectivity index (χ2v) is 9.03. The van der Waals surface area contributed by atoms with Crippen LogP contribution in [0.2, 0.25) is 0 Å². The van der Waals surface area contributed by atoms with Crippen LogP contribution >= 0.6 is 0 Å². The predicted molar refractivity (Wildman–Crippen MR) is 117 cm³/mol. The van der Waals surface area contributed by atoms with Gasteiger partial charge in [-0.25, -0.2) is 9.37 Å². The van der Waals surface area contributed by atoms with Crippen LogP contribution in [0.1, 0.15) is 17.0 Å². The molecular weight excluding hydrogens is 417 g/mol. The molecule has 0 spiro atoms. The van der Waals surface area contributed by atoms with Crippen molar-refractivity contribution >= 4 is 21.9 Å². The number of sulfonamides is 1. The number of hydrazone groups is 1. The molecule has 0 aliphatic heterocycles. The smallest absolute Gasteiger partial charge is 0.279 e. The van der Waals surface area contributed by atoms with E-state index in [0.29, 0.717) is 16.9 Å². The van der Waals surface area contributed by atoms with Crippen LogP contribution in [0, 0.1) is 19.7 Å². The summed E-state index contributed by atoms with van der Waals surface area (Å²) in [4.78, 5) is 8.53. The monoisotopic (exact) mass is 437 g/mol. The van der Waals surface area contributed by atoms with E-state index in [9.17, 15) is 12.8 Å². The molecule has 0 N–H and O–H groups in total. The van der Waals surface area contributed by atoms with Crippen LogP contribution in [-0.2, 0) is 10.0 Å². The average molecular weight is 438 g/mol. The maximum Gasteiger partial charge on any atom is 0.279 e. The van der Waals surface area contributed by atoms with E-state index in [0.717, 1.165) is 27.3 Å². The van der Waals surface area contributed by atoms with Crippen LogP contribution in [0.3, 0.4) is 0 Å². The average Bonchev–Trinajstić information content (AvgIpc) is 3.16. The van der Waals surface area contributed by atoms with Crippen LogP contribution in [0.5, 0.6) is 0 Å². The first-order valence-electron chi connectivity index (χ1n) is 9.45. The van der Waals surface area contributed by atoms with Crippen molar-refractivity contribution in [2.75, 3.05) is 7.05 Å². The van der Waals surface area contributed by atoms with Gasteiger partial charge in [-0.2, -0.15) is 17.9 Å². The van der Waals surface area contributed by atoms with E-state index in [4.69, 9.17) is 0 Å². The second kappa shape index (κ2) is 7.92. The maximum atomic E-state index is 13.6. The number of aromatic nitrogens is 3. The Hall–Kier alpha value is -3.59. The highest BCUT2D eigenvalue weighted by Gasteiger charge is 2.22. The fraction of sp³-hybridized carbons (Fsp3) is 0.136. The standard InChI is InChI=1S/C22H20FN5O2S/c1-15-4-8-19(23)10-21(15)31(29,30)27(3)26-13-20-12-25-22-9-7-18(14-28(20)22)17-6-5-16(2)24-11-17/h4-14H,1-3H3. The molecule has 3 aromatic heterocycles. The van der Waals surface area contributed by atoms with Gasteiger partial charge in [0.1, 0.15) is 11.5 Å². The summed E-state index contributed by atoms with van der Waals surface area (Å²) >= 11 is 0. The summed E-state index contributed by atoms with van der Waals surface area (Å²) in [5.74, 6) is -0.624. The third-order valence-corrected chi connectivity index (χ3v) is 6.69. The van der Waals surface area contributed by atoms with E-state index in [2.05, 4.69) is 15.1 Å². The highest BCUT2D eigenvalue weighted by atomic mass is 32.2. The van der Waals surface area contributed by atoms with Gasteiger partial charge in [0.2, 0.25) is 0 Å². The first-order valence-corrected chi connectivity index (χ1v) is 10.9. The number of halogens is 1. The molecule has 0 fully saturated rings. The molecule has 1 aromatic carbocycles. The van der Waals surface area contributed by atoms with Crippen molar-refractivity contribution < 1.29 is 12.8 Å². The van der Waals surface area contributed by atoms with Crippen molar-refractivity contribution in [1.29, 1.82) is 0 Å². The summed E-state index contributed by atoms with van der Waals surface area (Å²) in [6, 6.07) is 11.4. The maximum absolute atomic E-state index is 13.6. The van der Waals surface area contributed by atoms with Gasteiger partial charge in [-0.15, -0.1) is 0 Å². The highest BCUT2D eigenvalue weighted by molar-refractivity contribution is 7.89. The number of fused-ring (bicyclic) bond motifs is 1. The Balaban J connectivity index is 1.67. The van der Waals surface area contributed by atoms with Crippen LogP contribution < -0.4 is 0 Å². The summed E-state index contributed by atoms with van der Waals surface area (Å²) in [7, 11) is -2.69. The Kier molecular flexibility index (Phi) is 5.28. The summed E-state index contributed by atoms with van der Waals surface area (Å²) in [5, 5.41) is 4.07. The number of rotatable bonds is 5. The van der Waals surface area contributed by atoms with Gasteiger partial charge in [0.15, 0.2) is 0 Å². The van der Waals surface area contributed by atoms with Gasteiger partial charge >= 0.3 is 0 Å². The number of aryl methyl sites for hydroxylation is 2. The molecule has 9 heteroatoms. The minimum absolute atomic E-state index is 0.126. The van der Waals surface area contributed by atoms with Gasteiger partial charge in [0.05, 0.1) is 23.0 Å². The van der Waals surface area contributed by atoms with E-state index in [1.165, 1.54) is 25.4 Å². The molecule has 0 aliphatic rings. The van der Waals surface area contributed by atoms with Crippen molar-refractivity contribution in [2.24, 2.45) is 5.10 Å². The van der Waals surface area contributed by atoms with Gasteiger partial charge in [-0.3, -0.25) is 9.38 Å². The summed E-state index contributed by atoms with van der Waals surface area (Å²) in [6.07, 6.45) is 6.69. The van der Waals surface area contributed by atoms with Crippen molar-refractivity contribution in [3.05, 3.63) is 83.8 Å². The quantitative estimate of drug-likeness (QED) is 0.351. The highest BCUT2D eigenvalue weighted by Crippen LogP contribution is 2.22. The topological polar surface area (TPSA) is 79.9 Å². The van der Waals surface area contributed by atoms with Crippen LogP contribution in [-0.4, -0.2) is 40.5 Å². The molecule has 31 heavy (non-hydrogen) atoms. The lowest BCUT2D eigenvalue weighted by atomic mass is 10.1. The van der Waals surface area contributed by atoms with Crippen molar-refractivity contribution in [1.82, 2.24) is 18.8 Å². The number of nitrogens with zero attached hydrogens (tertiary/aromatic N) is 5. The first kappa shape index (κ1) is 20.7. The Morgan fingerprint density at radius 1 is 1.03 bits per heavy atom. The van der Waals surface area contributed by atoms with Gasteiger partial charge < -0.3 is 0 Å². The molecule has 0 bridgehead atoms. The summed E-state index contributed by atoms with van der Waals surface area (Å²) in [6.45, 7) is 3.53. The molecule has 0 saturated heterocycles. The normalized spacial score (nSPS) is 12.0. The first-order chi connectivity index (χ1) is 14.8. The molecule has 3 heterocycles. The van der Waals surface area contributed by atoms with Crippen LogP contribution in [0.4, 0.5) is 4.39 Å². The van der Waals surface area contributed by atoms with Crippen LogP contribution in [0.25, 0.3) is 16.8 Å². The van der Waals surface area contributed by atoms with Crippen LogP contribution in [0.15, 0.2) is 71.1 Å². The zero-order valence-electron chi connectivity index (χ0n) is 17.2. The molecule has 0 saturated carbocycles. The molecule has 4 rings (SSSR count). The summed E-state index contributed by atoms with van der Waals surface area (Å²) < 4.78 is 41.8. The molecular formula is C22H20FN5O2S. The number of hydrogen-bond acceptors (Lipinski definition) is 5. The van der Waals surface area contributed by atoms with E-state index < -0.39 is 15.8 Å². The fourth-order valence-electron chi connectivity index (χ4n) is 3.10. The van der Waals surface area contributed by atoms with Gasteiger partial charge in [0.25, 0.3) is 10.0 Å². The van der Waals surface area contributed by atoms with Crippen molar-refractivity contribution in [3.8, 4) is 11.1 Å². The SMILES string of the molecule is Cc1ccc(-c2ccc3ncc(C=NN(C)S(=O)(=O)c4cc(F)ccc4C)n3c2)cn1. The van der Waals surface area contributed by atoms with E-state index in [1.54, 1.807) is 19.3 Å². The number of benzene rings is 1. The van der Waals surface area contributed by atoms with E-state index in [1.807, 2.05) is 41.8 Å². The van der Waals surface area contributed by atoms with Gasteiger partial charge in [-0.05, 0) is 49.7 Å². The van der Waals surface area contributed by atoms with E-state index in [-0.39, 0.29) is 4.90 Å². The predicted octanol–water partition coefficient (Wildman–Crippen LogP) is 3.81. The van der Waals surface area contributed by atoms with E-state index >= 15 is 0 Å². The Morgan fingerprint density at radius 2 is 1.81 bits per heavy atom. The lowest BCUT2D eigenvalue weighted by molar-refractivity contribution is 0.489. The molecule has 4 aromatic rings. The molecule has 158 valence electrons. The molecule has 0 atom stereocenters. The third-order valence-electron chi connectivity index (χ3n) is 4.91. The lowest BCUT2D eigenvalue weighted by Gasteiger charge is -2.15. The second-order valence-electron chi connectivity index (χ2n) is 7.11. The molecule has 0 unspecified atom stereocenters. The van der Waals surface area contributed by atoms with Gasteiger partial charge in [0, 0.05) is 36.3 Å². The van der Waals surface area contributed by atoms with Gasteiger partial charge in [-0.1, -0.05) is 12.1 Å². The molecule has 0 radical (unpaired) electrons. The number of hydrogen-bond donors (Lipinski definition) is 0. The minimum Gasteiger partial charge on any atom is -0.298 e. The summed E-state index contributed by atoms with van der Waals surface area (Å²) in [5.41, 5.74) is 4.54. The molecule has 0 amide bonds.